The predicted molar refractivity (Wildman–Crippen MR) is 59.9 cm³/mol. The standard InChI is InChI=1S/C10H17N3O3/c1-4-7(14)6-11-10-12-8(15-2)5-9(13-10)16-3/h5,7,14H,4,6H2,1-3H3,(H,11,12,13). The van der Waals surface area contributed by atoms with Crippen LogP contribution in [0.2, 0.25) is 0 Å². The highest BCUT2D eigenvalue weighted by Crippen LogP contribution is 2.17. The third-order valence-electron chi connectivity index (χ3n) is 2.06. The lowest BCUT2D eigenvalue weighted by molar-refractivity contribution is 0.183. The molecule has 1 atom stereocenters. The fourth-order valence-electron chi connectivity index (χ4n) is 1.05. The molecule has 0 aliphatic rings. The molecule has 6 nitrogen and oxygen atoms in total. The summed E-state index contributed by atoms with van der Waals surface area (Å²) in [6.45, 7) is 2.30. The van der Waals surface area contributed by atoms with Crippen LogP contribution in [0.25, 0.3) is 0 Å². The molecule has 0 saturated carbocycles. The first-order valence-corrected chi connectivity index (χ1v) is 5.08. The lowest BCUT2D eigenvalue weighted by Crippen LogP contribution is -2.19. The van der Waals surface area contributed by atoms with Gasteiger partial charge in [-0.05, 0) is 6.42 Å². The molecule has 90 valence electrons. The molecule has 1 rings (SSSR count). The van der Waals surface area contributed by atoms with Gasteiger partial charge in [0.25, 0.3) is 0 Å². The average molecular weight is 227 g/mol. The summed E-state index contributed by atoms with van der Waals surface area (Å²) < 4.78 is 9.99. The quantitative estimate of drug-likeness (QED) is 0.744. The van der Waals surface area contributed by atoms with Gasteiger partial charge < -0.3 is 19.9 Å². The topological polar surface area (TPSA) is 76.5 Å². The van der Waals surface area contributed by atoms with Crippen LogP contribution in [0.5, 0.6) is 11.8 Å². The Kier molecular flexibility index (Phi) is 4.78. The first-order valence-electron chi connectivity index (χ1n) is 5.08. The maximum atomic E-state index is 9.39. The van der Waals surface area contributed by atoms with E-state index in [1.165, 1.54) is 14.2 Å². The van der Waals surface area contributed by atoms with Crippen LogP contribution in [0.3, 0.4) is 0 Å². The summed E-state index contributed by atoms with van der Waals surface area (Å²) >= 11 is 0. The number of anilines is 1. The fourth-order valence-corrected chi connectivity index (χ4v) is 1.05. The molecular formula is C10H17N3O3. The van der Waals surface area contributed by atoms with Crippen molar-refractivity contribution in [1.82, 2.24) is 9.97 Å². The highest BCUT2D eigenvalue weighted by molar-refractivity contribution is 5.33. The second kappa shape index (κ2) is 6.12. The Morgan fingerprint density at radius 2 is 1.88 bits per heavy atom. The van der Waals surface area contributed by atoms with Gasteiger partial charge in [-0.3, -0.25) is 0 Å². The largest absolute Gasteiger partial charge is 0.481 e. The van der Waals surface area contributed by atoms with Crippen molar-refractivity contribution in [3.63, 3.8) is 0 Å². The van der Waals surface area contributed by atoms with E-state index in [9.17, 15) is 5.11 Å². The highest BCUT2D eigenvalue weighted by Gasteiger charge is 2.06. The van der Waals surface area contributed by atoms with Gasteiger partial charge in [0.05, 0.1) is 26.4 Å². The molecule has 1 heterocycles. The number of aromatic nitrogens is 2. The van der Waals surface area contributed by atoms with Gasteiger partial charge in [-0.15, -0.1) is 0 Å². The maximum absolute atomic E-state index is 9.39. The second-order valence-corrected chi connectivity index (χ2v) is 3.22. The minimum atomic E-state index is -0.416. The maximum Gasteiger partial charge on any atom is 0.229 e. The summed E-state index contributed by atoms with van der Waals surface area (Å²) in [4.78, 5) is 8.14. The molecule has 0 aromatic carbocycles. The molecular weight excluding hydrogens is 210 g/mol. The van der Waals surface area contributed by atoms with E-state index < -0.39 is 6.10 Å². The summed E-state index contributed by atoms with van der Waals surface area (Å²) in [6.07, 6.45) is 0.259. The smallest absolute Gasteiger partial charge is 0.229 e. The molecule has 1 aromatic rings. The van der Waals surface area contributed by atoms with Gasteiger partial charge in [0.1, 0.15) is 0 Å². The van der Waals surface area contributed by atoms with E-state index in [0.717, 1.165) is 0 Å². The number of ether oxygens (including phenoxy) is 2. The van der Waals surface area contributed by atoms with Crippen molar-refractivity contribution in [2.75, 3.05) is 26.1 Å². The lowest BCUT2D eigenvalue weighted by atomic mass is 10.3. The van der Waals surface area contributed by atoms with Gasteiger partial charge in [0.15, 0.2) is 0 Å². The number of hydrogen-bond donors (Lipinski definition) is 2. The molecule has 6 heteroatoms. The highest BCUT2D eigenvalue weighted by atomic mass is 16.5. The van der Waals surface area contributed by atoms with Crippen LogP contribution >= 0.6 is 0 Å². The Morgan fingerprint density at radius 1 is 1.31 bits per heavy atom. The van der Waals surface area contributed by atoms with Gasteiger partial charge in [-0.25, -0.2) is 0 Å². The van der Waals surface area contributed by atoms with Crippen molar-refractivity contribution in [2.24, 2.45) is 0 Å². The van der Waals surface area contributed by atoms with Crippen LogP contribution in [0.15, 0.2) is 6.07 Å². The van der Waals surface area contributed by atoms with Crippen molar-refractivity contribution in [2.45, 2.75) is 19.4 Å². The van der Waals surface area contributed by atoms with Gasteiger partial charge in [0, 0.05) is 6.54 Å². The Labute approximate surface area is 94.6 Å². The van der Waals surface area contributed by atoms with E-state index in [2.05, 4.69) is 15.3 Å². The van der Waals surface area contributed by atoms with Crippen LogP contribution in [-0.2, 0) is 0 Å². The molecule has 0 radical (unpaired) electrons. The molecule has 0 spiro atoms. The van der Waals surface area contributed by atoms with Crippen LogP contribution in [0, 0.1) is 0 Å². The van der Waals surface area contributed by atoms with Crippen molar-refractivity contribution in [3.05, 3.63) is 6.07 Å². The number of rotatable bonds is 6. The van der Waals surface area contributed by atoms with Crippen molar-refractivity contribution < 1.29 is 14.6 Å². The molecule has 0 saturated heterocycles. The van der Waals surface area contributed by atoms with Crippen molar-refractivity contribution in [3.8, 4) is 11.8 Å². The van der Waals surface area contributed by atoms with E-state index in [1.54, 1.807) is 6.07 Å². The first kappa shape index (κ1) is 12.5. The number of nitrogens with zero attached hydrogens (tertiary/aromatic N) is 2. The fraction of sp³-hybridized carbons (Fsp3) is 0.600. The Bertz CT molecular complexity index is 311. The zero-order chi connectivity index (χ0) is 12.0. The van der Waals surface area contributed by atoms with Crippen LogP contribution in [0.1, 0.15) is 13.3 Å². The SMILES string of the molecule is CCC(O)CNc1nc(OC)cc(OC)n1. The Balaban J connectivity index is 2.71. The molecule has 2 N–H and O–H groups in total. The normalized spacial score (nSPS) is 12.0. The second-order valence-electron chi connectivity index (χ2n) is 3.22. The minimum absolute atomic E-state index is 0.378. The first-order chi connectivity index (χ1) is 7.69. The van der Waals surface area contributed by atoms with Gasteiger partial charge in [0.2, 0.25) is 17.7 Å². The minimum Gasteiger partial charge on any atom is -0.481 e. The molecule has 1 unspecified atom stereocenters. The van der Waals surface area contributed by atoms with E-state index >= 15 is 0 Å². The number of hydrogen-bond acceptors (Lipinski definition) is 6. The molecule has 1 aromatic heterocycles. The Morgan fingerprint density at radius 3 is 2.31 bits per heavy atom. The Hall–Kier alpha value is -1.56. The monoisotopic (exact) mass is 227 g/mol. The summed E-state index contributed by atoms with van der Waals surface area (Å²) in [5, 5.41) is 12.3. The number of nitrogens with one attached hydrogen (secondary N) is 1. The average Bonchev–Trinajstić information content (AvgIpc) is 2.35. The van der Waals surface area contributed by atoms with E-state index in [0.29, 0.717) is 30.7 Å². The van der Waals surface area contributed by atoms with Gasteiger partial charge in [-0.2, -0.15) is 9.97 Å². The summed E-state index contributed by atoms with van der Waals surface area (Å²) in [6, 6.07) is 1.58. The van der Waals surface area contributed by atoms with E-state index in [4.69, 9.17) is 9.47 Å². The number of methoxy groups -OCH3 is 2. The molecule has 0 fully saturated rings. The van der Waals surface area contributed by atoms with Crippen LogP contribution < -0.4 is 14.8 Å². The molecule has 0 aliphatic carbocycles. The van der Waals surface area contributed by atoms with Gasteiger partial charge >= 0.3 is 0 Å². The summed E-state index contributed by atoms with van der Waals surface area (Å²) in [5.41, 5.74) is 0. The van der Waals surface area contributed by atoms with E-state index in [1.807, 2.05) is 6.92 Å². The van der Waals surface area contributed by atoms with E-state index in [-0.39, 0.29) is 0 Å². The third-order valence-corrected chi connectivity index (χ3v) is 2.06. The molecule has 0 amide bonds. The lowest BCUT2D eigenvalue weighted by Gasteiger charge is -2.10. The molecule has 16 heavy (non-hydrogen) atoms. The third kappa shape index (κ3) is 3.54. The number of aliphatic hydroxyl groups is 1. The van der Waals surface area contributed by atoms with Crippen molar-refractivity contribution >= 4 is 5.95 Å². The number of aliphatic hydroxyl groups excluding tert-OH is 1. The van der Waals surface area contributed by atoms with Crippen LogP contribution in [-0.4, -0.2) is 41.9 Å². The van der Waals surface area contributed by atoms with Crippen LogP contribution in [0.4, 0.5) is 5.95 Å². The molecule has 0 bridgehead atoms. The summed E-state index contributed by atoms with van der Waals surface area (Å²) in [7, 11) is 3.04. The zero-order valence-electron chi connectivity index (χ0n) is 9.73. The van der Waals surface area contributed by atoms with Gasteiger partial charge in [-0.1, -0.05) is 6.92 Å². The zero-order valence-corrected chi connectivity index (χ0v) is 9.73. The van der Waals surface area contributed by atoms with Crippen molar-refractivity contribution in [1.29, 1.82) is 0 Å². The molecule has 0 aliphatic heterocycles. The predicted octanol–water partition coefficient (Wildman–Crippen LogP) is 0.677. The summed E-state index contributed by atoms with van der Waals surface area (Å²) in [5.74, 6) is 1.21.